The summed E-state index contributed by atoms with van der Waals surface area (Å²) in [6, 6.07) is 4.77. The summed E-state index contributed by atoms with van der Waals surface area (Å²) in [5, 5.41) is 9.89. The van der Waals surface area contributed by atoms with Gasteiger partial charge in [-0.2, -0.15) is 13.2 Å². The molecule has 1 aliphatic rings. The van der Waals surface area contributed by atoms with E-state index < -0.39 is 17.3 Å². The second-order valence-electron chi connectivity index (χ2n) is 3.96. The number of rotatable bonds is 1. The molecule has 0 radical (unpaired) electrons. The van der Waals surface area contributed by atoms with Gasteiger partial charge >= 0.3 is 6.18 Å². The third kappa shape index (κ3) is 1.86. The molecule has 1 aromatic rings. The molecule has 0 aromatic heterocycles. The van der Waals surface area contributed by atoms with Crippen molar-refractivity contribution in [2.24, 2.45) is 0 Å². The van der Waals surface area contributed by atoms with Gasteiger partial charge in [-0.15, -0.1) is 0 Å². The van der Waals surface area contributed by atoms with E-state index in [1.54, 1.807) is 0 Å². The molecule has 0 saturated heterocycles. The molecule has 1 N–H and O–H groups in total. The first-order valence-electron chi connectivity index (χ1n) is 4.82. The van der Waals surface area contributed by atoms with Crippen LogP contribution < -0.4 is 0 Å². The Morgan fingerprint density at radius 3 is 1.93 bits per heavy atom. The van der Waals surface area contributed by atoms with Crippen LogP contribution in [0.2, 0.25) is 0 Å². The molecule has 0 bridgehead atoms. The molecular formula is C11H11F3O. The highest BCUT2D eigenvalue weighted by atomic mass is 19.4. The van der Waals surface area contributed by atoms with Crippen LogP contribution in [-0.4, -0.2) is 5.11 Å². The number of hydrogen-bond acceptors (Lipinski definition) is 1. The average molecular weight is 216 g/mol. The number of hydrogen-bond donors (Lipinski definition) is 1. The quantitative estimate of drug-likeness (QED) is 0.764. The van der Waals surface area contributed by atoms with E-state index >= 15 is 0 Å². The van der Waals surface area contributed by atoms with Crippen molar-refractivity contribution < 1.29 is 18.3 Å². The zero-order chi connectivity index (χ0) is 11.1. The Morgan fingerprint density at radius 1 is 1.07 bits per heavy atom. The summed E-state index contributed by atoms with van der Waals surface area (Å²) in [5.41, 5.74) is -0.972. The molecule has 0 unspecified atom stereocenters. The van der Waals surface area contributed by atoms with E-state index in [0.717, 1.165) is 18.6 Å². The van der Waals surface area contributed by atoms with Crippen LogP contribution in [0.5, 0.6) is 0 Å². The van der Waals surface area contributed by atoms with Crippen LogP contribution in [0, 0.1) is 0 Å². The maximum Gasteiger partial charge on any atom is 0.416 e. The fraction of sp³-hybridized carbons (Fsp3) is 0.455. The molecule has 0 aliphatic heterocycles. The zero-order valence-electron chi connectivity index (χ0n) is 8.01. The number of aliphatic hydroxyl groups is 1. The molecule has 0 amide bonds. The highest BCUT2D eigenvalue weighted by Gasteiger charge is 2.37. The Bertz CT molecular complexity index is 349. The summed E-state index contributed by atoms with van der Waals surface area (Å²) in [6.45, 7) is 0. The van der Waals surface area contributed by atoms with Crippen molar-refractivity contribution in [3.05, 3.63) is 35.4 Å². The van der Waals surface area contributed by atoms with Crippen LogP contribution in [0.4, 0.5) is 13.2 Å². The van der Waals surface area contributed by atoms with Gasteiger partial charge in [0.05, 0.1) is 11.2 Å². The summed E-state index contributed by atoms with van der Waals surface area (Å²) in [5.74, 6) is 0. The van der Waals surface area contributed by atoms with E-state index in [-0.39, 0.29) is 0 Å². The van der Waals surface area contributed by atoms with Crippen molar-refractivity contribution in [3.8, 4) is 0 Å². The van der Waals surface area contributed by atoms with E-state index in [1.807, 2.05) is 0 Å². The minimum absolute atomic E-state index is 0.585. The molecule has 4 heteroatoms. The summed E-state index contributed by atoms with van der Waals surface area (Å²) in [7, 11) is 0. The van der Waals surface area contributed by atoms with E-state index in [9.17, 15) is 18.3 Å². The van der Waals surface area contributed by atoms with Crippen LogP contribution >= 0.6 is 0 Å². The molecule has 1 aliphatic carbocycles. The SMILES string of the molecule is OC1(c2ccc(C(F)(F)F)cc2)CCC1. The fourth-order valence-electron chi connectivity index (χ4n) is 1.77. The van der Waals surface area contributed by atoms with Gasteiger partial charge in [0.1, 0.15) is 0 Å². The monoisotopic (exact) mass is 216 g/mol. The molecule has 1 saturated carbocycles. The topological polar surface area (TPSA) is 20.2 Å². The van der Waals surface area contributed by atoms with Gasteiger partial charge in [-0.1, -0.05) is 12.1 Å². The first-order valence-corrected chi connectivity index (χ1v) is 4.82. The Kier molecular flexibility index (Phi) is 2.26. The second kappa shape index (κ2) is 3.23. The molecular weight excluding hydrogens is 205 g/mol. The van der Waals surface area contributed by atoms with Gasteiger partial charge < -0.3 is 5.11 Å². The van der Waals surface area contributed by atoms with Gasteiger partial charge in [0.2, 0.25) is 0 Å². The standard InChI is InChI=1S/C11H11F3O/c12-11(13,14)9-4-2-8(3-5-9)10(15)6-1-7-10/h2-5,15H,1,6-7H2. The Morgan fingerprint density at radius 2 is 1.60 bits per heavy atom. The van der Waals surface area contributed by atoms with E-state index in [4.69, 9.17) is 0 Å². The van der Waals surface area contributed by atoms with Crippen LogP contribution in [0.25, 0.3) is 0 Å². The van der Waals surface area contributed by atoms with Crippen molar-refractivity contribution in [2.45, 2.75) is 31.0 Å². The Hall–Kier alpha value is -1.03. The molecule has 0 spiro atoms. The van der Waals surface area contributed by atoms with Crippen LogP contribution in [0.1, 0.15) is 30.4 Å². The highest BCUT2D eigenvalue weighted by molar-refractivity contribution is 5.29. The smallest absolute Gasteiger partial charge is 0.385 e. The lowest BCUT2D eigenvalue weighted by Gasteiger charge is -2.37. The predicted molar refractivity (Wildman–Crippen MR) is 49.2 cm³/mol. The fourth-order valence-corrected chi connectivity index (χ4v) is 1.77. The first kappa shape index (κ1) is 10.5. The highest BCUT2D eigenvalue weighted by Crippen LogP contribution is 2.41. The van der Waals surface area contributed by atoms with Crippen LogP contribution in [0.3, 0.4) is 0 Å². The molecule has 0 atom stereocenters. The van der Waals surface area contributed by atoms with Crippen molar-refractivity contribution in [2.75, 3.05) is 0 Å². The summed E-state index contributed by atoms with van der Waals surface area (Å²) < 4.78 is 36.7. The van der Waals surface area contributed by atoms with E-state index in [1.165, 1.54) is 12.1 Å². The molecule has 0 heterocycles. The van der Waals surface area contributed by atoms with Gasteiger partial charge in [-0.3, -0.25) is 0 Å². The predicted octanol–water partition coefficient (Wildman–Crippen LogP) is 3.08. The lowest BCUT2D eigenvalue weighted by molar-refractivity contribution is -0.137. The van der Waals surface area contributed by atoms with Gasteiger partial charge in [0, 0.05) is 0 Å². The third-order valence-electron chi connectivity index (χ3n) is 2.93. The van der Waals surface area contributed by atoms with Gasteiger partial charge in [0.25, 0.3) is 0 Å². The summed E-state index contributed by atoms with van der Waals surface area (Å²) in [4.78, 5) is 0. The van der Waals surface area contributed by atoms with Crippen molar-refractivity contribution in [3.63, 3.8) is 0 Å². The molecule has 1 fully saturated rings. The number of benzene rings is 1. The summed E-state index contributed by atoms with van der Waals surface area (Å²) in [6.07, 6.45) is -2.10. The van der Waals surface area contributed by atoms with E-state index in [0.29, 0.717) is 18.4 Å². The first-order chi connectivity index (χ1) is 6.92. The maximum absolute atomic E-state index is 12.2. The molecule has 15 heavy (non-hydrogen) atoms. The van der Waals surface area contributed by atoms with Crippen molar-refractivity contribution in [1.82, 2.24) is 0 Å². The zero-order valence-corrected chi connectivity index (χ0v) is 8.01. The number of alkyl halides is 3. The van der Waals surface area contributed by atoms with Crippen LogP contribution in [0.15, 0.2) is 24.3 Å². The molecule has 1 aromatic carbocycles. The minimum atomic E-state index is -4.30. The van der Waals surface area contributed by atoms with Crippen molar-refractivity contribution in [1.29, 1.82) is 0 Å². The lowest BCUT2D eigenvalue weighted by atomic mass is 9.75. The average Bonchev–Trinajstić information content (AvgIpc) is 2.13. The van der Waals surface area contributed by atoms with Gasteiger partial charge in [-0.05, 0) is 37.0 Å². The molecule has 82 valence electrons. The normalized spacial score (nSPS) is 19.7. The van der Waals surface area contributed by atoms with Crippen molar-refractivity contribution >= 4 is 0 Å². The third-order valence-corrected chi connectivity index (χ3v) is 2.93. The number of halogens is 3. The maximum atomic E-state index is 12.2. The molecule has 2 rings (SSSR count). The Balaban J connectivity index is 2.24. The van der Waals surface area contributed by atoms with E-state index in [2.05, 4.69) is 0 Å². The largest absolute Gasteiger partial charge is 0.416 e. The second-order valence-corrected chi connectivity index (χ2v) is 3.96. The van der Waals surface area contributed by atoms with Crippen LogP contribution in [-0.2, 0) is 11.8 Å². The Labute approximate surface area is 85.5 Å². The lowest BCUT2D eigenvalue weighted by Crippen LogP contribution is -2.33. The minimum Gasteiger partial charge on any atom is -0.385 e. The van der Waals surface area contributed by atoms with Gasteiger partial charge in [0.15, 0.2) is 0 Å². The summed E-state index contributed by atoms with van der Waals surface area (Å²) >= 11 is 0. The van der Waals surface area contributed by atoms with Gasteiger partial charge in [-0.25, -0.2) is 0 Å². The molecule has 1 nitrogen and oxygen atoms in total.